The number of nitriles is 1. The van der Waals surface area contributed by atoms with E-state index in [1.54, 1.807) is 13.0 Å². The summed E-state index contributed by atoms with van der Waals surface area (Å²) in [5.74, 6) is 1.90. The summed E-state index contributed by atoms with van der Waals surface area (Å²) >= 11 is 0. The predicted octanol–water partition coefficient (Wildman–Crippen LogP) is 5.60. The maximum Gasteiger partial charge on any atom is 0.307 e. The lowest BCUT2D eigenvalue weighted by atomic mass is 9.38. The minimum absolute atomic E-state index is 0.214. The van der Waals surface area contributed by atoms with Gasteiger partial charge in [0.2, 0.25) is 0 Å². The number of fused-ring (bicyclic) bond motifs is 1. The van der Waals surface area contributed by atoms with Gasteiger partial charge in [0.15, 0.2) is 5.82 Å². The highest BCUT2D eigenvalue weighted by Gasteiger charge is 2.40. The SMILES string of the molecule is CCOC(=O)CCNc1ccc2c(ccn2C2CCC3(CCB(C#N)CC3)CC2)c1F. The van der Waals surface area contributed by atoms with E-state index in [1.807, 2.05) is 18.3 Å². The van der Waals surface area contributed by atoms with Gasteiger partial charge in [-0.15, -0.1) is 0 Å². The molecule has 7 heteroatoms. The second-order valence-electron chi connectivity index (χ2n) is 9.20. The van der Waals surface area contributed by atoms with Gasteiger partial charge in [-0.2, -0.15) is 0 Å². The number of carbonyl (C=O) groups is 1. The zero-order valence-corrected chi connectivity index (χ0v) is 18.3. The summed E-state index contributed by atoms with van der Waals surface area (Å²) in [7, 11) is 0. The third-order valence-corrected chi connectivity index (χ3v) is 7.42. The number of anilines is 1. The van der Waals surface area contributed by atoms with Gasteiger partial charge in [-0.05, 0) is 56.2 Å². The van der Waals surface area contributed by atoms with Crippen LogP contribution in [0.25, 0.3) is 10.9 Å². The molecule has 5 nitrogen and oxygen atoms in total. The summed E-state index contributed by atoms with van der Waals surface area (Å²) in [6.07, 6.45) is 11.3. The lowest BCUT2D eigenvalue weighted by molar-refractivity contribution is -0.142. The van der Waals surface area contributed by atoms with Crippen LogP contribution in [0.2, 0.25) is 12.6 Å². The van der Waals surface area contributed by atoms with Crippen molar-refractivity contribution in [2.45, 2.75) is 70.6 Å². The van der Waals surface area contributed by atoms with E-state index < -0.39 is 0 Å². The van der Waals surface area contributed by atoms with Gasteiger partial charge in [0.25, 0.3) is 6.71 Å². The first-order valence-corrected chi connectivity index (χ1v) is 11.6. The molecular weight excluding hydrogens is 392 g/mol. The van der Waals surface area contributed by atoms with Crippen LogP contribution in [0.4, 0.5) is 10.1 Å². The molecule has 2 aromatic rings. The fraction of sp³-hybridized carbons (Fsp3) is 0.583. The van der Waals surface area contributed by atoms with Crippen molar-refractivity contribution in [2.24, 2.45) is 5.41 Å². The van der Waals surface area contributed by atoms with E-state index in [4.69, 9.17) is 4.74 Å². The second kappa shape index (κ2) is 9.34. The number of carbonyl (C=O) groups excluding carboxylic acids is 1. The minimum Gasteiger partial charge on any atom is -0.466 e. The number of aromatic nitrogens is 1. The predicted molar refractivity (Wildman–Crippen MR) is 122 cm³/mol. The number of hydrogen-bond acceptors (Lipinski definition) is 4. The van der Waals surface area contributed by atoms with E-state index in [2.05, 4.69) is 15.9 Å². The monoisotopic (exact) mass is 423 g/mol. The van der Waals surface area contributed by atoms with Crippen molar-refractivity contribution >= 4 is 29.3 Å². The largest absolute Gasteiger partial charge is 0.466 e. The smallest absolute Gasteiger partial charge is 0.307 e. The number of nitrogens with zero attached hydrogens (tertiary/aromatic N) is 2. The highest BCUT2D eigenvalue weighted by Crippen LogP contribution is 2.50. The van der Waals surface area contributed by atoms with Crippen LogP contribution in [-0.2, 0) is 9.53 Å². The average molecular weight is 423 g/mol. The van der Waals surface area contributed by atoms with Crippen LogP contribution in [0.1, 0.15) is 57.9 Å². The Hall–Kier alpha value is -2.49. The Labute approximate surface area is 184 Å². The lowest BCUT2D eigenvalue weighted by Crippen LogP contribution is -2.34. The normalized spacial score (nSPS) is 18.8. The molecule has 1 spiro atoms. The van der Waals surface area contributed by atoms with E-state index in [-0.39, 0.29) is 24.9 Å². The maximum atomic E-state index is 15.1. The van der Waals surface area contributed by atoms with Gasteiger partial charge >= 0.3 is 5.97 Å². The molecule has 0 amide bonds. The number of hydrogen-bond donors (Lipinski definition) is 1. The van der Waals surface area contributed by atoms with Crippen molar-refractivity contribution in [3.8, 4) is 5.97 Å². The summed E-state index contributed by atoms with van der Waals surface area (Å²) in [4.78, 5) is 11.5. The van der Waals surface area contributed by atoms with Crippen molar-refractivity contribution in [3.63, 3.8) is 0 Å². The molecule has 0 radical (unpaired) electrons. The number of nitrogens with one attached hydrogen (secondary N) is 1. The molecule has 1 aliphatic carbocycles. The quantitative estimate of drug-likeness (QED) is 0.485. The van der Waals surface area contributed by atoms with E-state index in [0.29, 0.717) is 35.7 Å². The molecule has 2 heterocycles. The molecule has 0 bridgehead atoms. The van der Waals surface area contributed by atoms with Crippen LogP contribution in [0.15, 0.2) is 24.4 Å². The summed E-state index contributed by atoms with van der Waals surface area (Å²) in [5.41, 5.74) is 1.78. The van der Waals surface area contributed by atoms with Crippen LogP contribution in [0.5, 0.6) is 0 Å². The van der Waals surface area contributed by atoms with Crippen LogP contribution >= 0.6 is 0 Å². The summed E-state index contributed by atoms with van der Waals surface area (Å²) < 4.78 is 22.2. The third kappa shape index (κ3) is 4.58. The molecule has 1 aliphatic heterocycles. The van der Waals surface area contributed by atoms with Gasteiger partial charge in [0.05, 0.1) is 24.2 Å². The first kappa shape index (κ1) is 21.7. The van der Waals surface area contributed by atoms with Gasteiger partial charge in [-0.25, -0.2) is 9.65 Å². The van der Waals surface area contributed by atoms with E-state index in [0.717, 1.165) is 31.0 Å². The van der Waals surface area contributed by atoms with Crippen LogP contribution < -0.4 is 5.32 Å². The van der Waals surface area contributed by atoms with E-state index in [1.165, 1.54) is 25.7 Å². The first-order valence-electron chi connectivity index (χ1n) is 11.6. The van der Waals surface area contributed by atoms with Crippen LogP contribution in [0, 0.1) is 22.5 Å². The highest BCUT2D eigenvalue weighted by atomic mass is 19.1. The molecule has 2 aliphatic rings. The number of halogens is 1. The molecule has 4 rings (SSSR count). The van der Waals surface area contributed by atoms with Gasteiger partial charge in [0, 0.05) is 30.1 Å². The molecule has 0 unspecified atom stereocenters. The van der Waals surface area contributed by atoms with Gasteiger partial charge < -0.3 is 14.6 Å². The van der Waals surface area contributed by atoms with Crippen molar-refractivity contribution in [2.75, 3.05) is 18.5 Å². The minimum atomic E-state index is -0.279. The molecular formula is C24H31BFN3O2. The second-order valence-corrected chi connectivity index (χ2v) is 9.20. The molecule has 164 valence electrons. The Kier molecular flexibility index (Phi) is 6.55. The molecule has 2 fully saturated rings. The Bertz CT molecular complexity index is 965. The summed E-state index contributed by atoms with van der Waals surface area (Å²) in [6, 6.07) is 6.02. The number of esters is 1. The number of ether oxygens (including phenoxy) is 1. The number of rotatable bonds is 6. The molecule has 1 aromatic heterocycles. The summed E-state index contributed by atoms with van der Waals surface area (Å²) in [5, 5.41) is 12.8. The molecule has 31 heavy (non-hydrogen) atoms. The zero-order chi connectivity index (χ0) is 21.8. The van der Waals surface area contributed by atoms with Crippen molar-refractivity contribution < 1.29 is 13.9 Å². The Morgan fingerprint density at radius 3 is 2.71 bits per heavy atom. The zero-order valence-electron chi connectivity index (χ0n) is 18.3. The Morgan fingerprint density at radius 1 is 1.29 bits per heavy atom. The highest BCUT2D eigenvalue weighted by molar-refractivity contribution is 6.67. The number of benzene rings is 1. The Morgan fingerprint density at radius 2 is 2.03 bits per heavy atom. The van der Waals surface area contributed by atoms with Crippen LogP contribution in [-0.4, -0.2) is 30.4 Å². The molecule has 1 saturated carbocycles. The van der Waals surface area contributed by atoms with Crippen molar-refractivity contribution in [3.05, 3.63) is 30.2 Å². The summed E-state index contributed by atoms with van der Waals surface area (Å²) in [6.45, 7) is 2.73. The van der Waals surface area contributed by atoms with E-state index >= 15 is 4.39 Å². The van der Waals surface area contributed by atoms with Crippen molar-refractivity contribution in [1.82, 2.24) is 4.57 Å². The first-order chi connectivity index (χ1) is 15.0. The van der Waals surface area contributed by atoms with Gasteiger partial charge in [0.1, 0.15) is 0 Å². The van der Waals surface area contributed by atoms with Gasteiger partial charge in [-0.1, -0.05) is 25.5 Å². The standard InChI is InChI=1S/C24H31BFN3O2/c1-2-31-22(30)7-15-28-20-3-4-21-19(23(20)26)8-16-29(21)18-5-9-24(10-6-18)11-13-25(17-27)14-12-24/h3-4,8,16,18,28H,2,5-7,9-15H2,1H3. The third-order valence-electron chi connectivity index (χ3n) is 7.42. The maximum absolute atomic E-state index is 15.1. The topological polar surface area (TPSA) is 67.0 Å². The fourth-order valence-electron chi connectivity index (χ4n) is 5.54. The van der Waals surface area contributed by atoms with Gasteiger partial charge in [-0.3, -0.25) is 4.79 Å². The van der Waals surface area contributed by atoms with Crippen molar-refractivity contribution in [1.29, 1.82) is 5.26 Å². The molecule has 1 N–H and O–H groups in total. The molecule has 0 atom stereocenters. The average Bonchev–Trinajstić information content (AvgIpc) is 3.22. The molecule has 1 saturated heterocycles. The lowest BCUT2D eigenvalue weighted by Gasteiger charge is -2.44. The Balaban J connectivity index is 1.40. The van der Waals surface area contributed by atoms with Crippen LogP contribution in [0.3, 0.4) is 0 Å². The molecule has 1 aromatic carbocycles. The van der Waals surface area contributed by atoms with E-state index in [9.17, 15) is 10.1 Å². The fourth-order valence-corrected chi connectivity index (χ4v) is 5.54.